The predicted octanol–water partition coefficient (Wildman–Crippen LogP) is 3.29. The van der Waals surface area contributed by atoms with E-state index in [1.807, 2.05) is 0 Å². The van der Waals surface area contributed by atoms with Crippen molar-refractivity contribution in [3.63, 3.8) is 0 Å². The van der Waals surface area contributed by atoms with E-state index in [0.717, 1.165) is 0 Å². The molecule has 6 nitrogen and oxygen atoms in total. The summed E-state index contributed by atoms with van der Waals surface area (Å²) in [7, 11) is -2.33. The largest absolute Gasteiger partial charge is 0.497 e. The lowest BCUT2D eigenvalue weighted by Gasteiger charge is -2.25. The van der Waals surface area contributed by atoms with Crippen LogP contribution in [0.25, 0.3) is 0 Å². The number of anilines is 2. The van der Waals surface area contributed by atoms with Gasteiger partial charge in [0.05, 0.1) is 12.8 Å². The van der Waals surface area contributed by atoms with Crippen molar-refractivity contribution < 1.29 is 17.9 Å². The van der Waals surface area contributed by atoms with Crippen LogP contribution in [-0.4, -0.2) is 32.7 Å². The molecule has 3 rings (SSSR count). The van der Waals surface area contributed by atoms with Crippen molar-refractivity contribution in [3.05, 3.63) is 53.6 Å². The molecule has 2 aromatic carbocycles. The maximum Gasteiger partial charge on any atom is 0.249 e. The molecule has 1 N–H and O–H groups in total. The van der Waals surface area contributed by atoms with E-state index in [4.69, 9.17) is 16.3 Å². The Hall–Kier alpha value is -2.25. The number of carbonyl (C=O) groups excluding carboxylic acids is 1. The SMILES string of the molecule is COc1ccc(NC(=O)[C@]2(C)CCN(c3ccc(Cl)cc3)S2(=O)=O)cc1. The van der Waals surface area contributed by atoms with Crippen LogP contribution in [0.4, 0.5) is 11.4 Å². The number of hydrogen-bond acceptors (Lipinski definition) is 4. The lowest BCUT2D eigenvalue weighted by Crippen LogP contribution is -2.47. The number of hydrogen-bond donors (Lipinski definition) is 1. The molecule has 1 heterocycles. The van der Waals surface area contributed by atoms with E-state index >= 15 is 0 Å². The standard InChI is InChI=1S/C18H19ClN2O4S/c1-18(17(22)20-14-5-9-16(25-2)10-6-14)11-12-21(26(18,23)24)15-7-3-13(19)4-8-15/h3-10H,11-12H2,1-2H3,(H,20,22)/t18-/m0/s1. The zero-order valence-corrected chi connectivity index (χ0v) is 16.0. The first-order valence-corrected chi connectivity index (χ1v) is 9.83. The van der Waals surface area contributed by atoms with Crippen molar-refractivity contribution in [1.29, 1.82) is 0 Å². The summed E-state index contributed by atoms with van der Waals surface area (Å²) in [6.45, 7) is 1.69. The molecular formula is C18H19ClN2O4S. The zero-order chi connectivity index (χ0) is 18.9. The normalized spacial score (nSPS) is 21.4. The van der Waals surface area contributed by atoms with Gasteiger partial charge >= 0.3 is 0 Å². The van der Waals surface area contributed by atoms with Gasteiger partial charge in [-0.2, -0.15) is 0 Å². The number of carbonyl (C=O) groups is 1. The Morgan fingerprint density at radius 3 is 2.35 bits per heavy atom. The van der Waals surface area contributed by atoms with E-state index in [-0.39, 0.29) is 13.0 Å². The van der Waals surface area contributed by atoms with Crippen LogP contribution in [0.15, 0.2) is 48.5 Å². The minimum absolute atomic E-state index is 0.194. The lowest BCUT2D eigenvalue weighted by atomic mass is 10.1. The second-order valence-corrected chi connectivity index (χ2v) is 8.95. The Kier molecular flexibility index (Phi) is 4.86. The summed E-state index contributed by atoms with van der Waals surface area (Å²) < 4.78 is 30.9. The third-order valence-electron chi connectivity index (χ3n) is 4.59. The van der Waals surface area contributed by atoms with E-state index in [0.29, 0.717) is 22.1 Å². The molecule has 1 amide bonds. The molecular weight excluding hydrogens is 376 g/mol. The van der Waals surface area contributed by atoms with Crippen molar-refractivity contribution >= 4 is 38.9 Å². The second kappa shape index (κ2) is 6.81. The minimum Gasteiger partial charge on any atom is -0.497 e. The Bertz CT molecular complexity index is 913. The summed E-state index contributed by atoms with van der Waals surface area (Å²) in [4.78, 5) is 12.8. The van der Waals surface area contributed by atoms with Crippen LogP contribution in [0.3, 0.4) is 0 Å². The van der Waals surface area contributed by atoms with E-state index in [1.54, 1.807) is 55.6 Å². The molecule has 26 heavy (non-hydrogen) atoms. The fourth-order valence-corrected chi connectivity index (χ4v) is 4.83. The van der Waals surface area contributed by atoms with E-state index < -0.39 is 20.7 Å². The molecule has 2 aromatic rings. The fourth-order valence-electron chi connectivity index (χ4n) is 2.85. The van der Waals surface area contributed by atoms with Gasteiger partial charge in [0.25, 0.3) is 0 Å². The van der Waals surface area contributed by atoms with Crippen LogP contribution in [-0.2, 0) is 14.8 Å². The molecule has 1 aliphatic rings. The highest BCUT2D eigenvalue weighted by atomic mass is 35.5. The van der Waals surface area contributed by atoms with E-state index in [9.17, 15) is 13.2 Å². The molecule has 1 atom stereocenters. The van der Waals surface area contributed by atoms with Crippen LogP contribution in [0.1, 0.15) is 13.3 Å². The highest BCUT2D eigenvalue weighted by Crippen LogP contribution is 2.37. The third-order valence-corrected chi connectivity index (χ3v) is 7.35. The van der Waals surface area contributed by atoms with Crippen LogP contribution >= 0.6 is 11.6 Å². The Morgan fingerprint density at radius 2 is 1.77 bits per heavy atom. The molecule has 8 heteroatoms. The quantitative estimate of drug-likeness (QED) is 0.863. The summed E-state index contributed by atoms with van der Waals surface area (Å²) in [5.41, 5.74) is 1.01. The van der Waals surface area contributed by atoms with E-state index in [2.05, 4.69) is 5.32 Å². The molecule has 138 valence electrons. The molecule has 1 fully saturated rings. The first-order chi connectivity index (χ1) is 12.3. The van der Waals surface area contributed by atoms with Gasteiger partial charge in [0, 0.05) is 17.3 Å². The molecule has 0 unspecified atom stereocenters. The molecule has 0 bridgehead atoms. The first kappa shape index (κ1) is 18.5. The molecule has 0 aliphatic carbocycles. The number of benzene rings is 2. The Balaban J connectivity index is 1.84. The van der Waals surface area contributed by atoms with Crippen molar-refractivity contribution in [2.75, 3.05) is 23.3 Å². The smallest absolute Gasteiger partial charge is 0.249 e. The summed E-state index contributed by atoms with van der Waals surface area (Å²) in [6, 6.07) is 13.2. The number of methoxy groups -OCH3 is 1. The van der Waals surface area contributed by atoms with Gasteiger partial charge in [-0.25, -0.2) is 8.42 Å². The monoisotopic (exact) mass is 394 g/mol. The van der Waals surface area contributed by atoms with E-state index in [1.165, 1.54) is 11.2 Å². The second-order valence-electron chi connectivity index (χ2n) is 6.22. The number of ether oxygens (including phenoxy) is 1. The first-order valence-electron chi connectivity index (χ1n) is 8.01. The summed E-state index contributed by atoms with van der Waals surface area (Å²) in [5.74, 6) is 0.0933. The molecule has 0 spiro atoms. The molecule has 1 aliphatic heterocycles. The van der Waals surface area contributed by atoms with Crippen molar-refractivity contribution in [1.82, 2.24) is 0 Å². The highest BCUT2D eigenvalue weighted by molar-refractivity contribution is 7.95. The Morgan fingerprint density at radius 1 is 1.15 bits per heavy atom. The minimum atomic E-state index is -3.87. The average molecular weight is 395 g/mol. The van der Waals surface area contributed by atoms with Gasteiger partial charge in [0.1, 0.15) is 5.75 Å². The summed E-state index contributed by atoms with van der Waals surface area (Å²) >= 11 is 5.87. The van der Waals surface area contributed by atoms with Gasteiger partial charge in [0.2, 0.25) is 15.9 Å². The van der Waals surface area contributed by atoms with Gasteiger partial charge in [-0.05, 0) is 61.9 Å². The van der Waals surface area contributed by atoms with Crippen LogP contribution in [0.5, 0.6) is 5.75 Å². The van der Waals surface area contributed by atoms with Gasteiger partial charge < -0.3 is 10.1 Å². The highest BCUT2D eigenvalue weighted by Gasteiger charge is 2.54. The fraction of sp³-hybridized carbons (Fsp3) is 0.278. The molecule has 0 aromatic heterocycles. The summed E-state index contributed by atoms with van der Waals surface area (Å²) in [6.07, 6.45) is 0.194. The third kappa shape index (κ3) is 3.12. The van der Waals surface area contributed by atoms with Gasteiger partial charge in [-0.1, -0.05) is 11.6 Å². The van der Waals surface area contributed by atoms with Gasteiger partial charge in [-0.3, -0.25) is 9.10 Å². The van der Waals surface area contributed by atoms with Crippen LogP contribution < -0.4 is 14.4 Å². The Labute approximate surface area is 157 Å². The number of nitrogens with one attached hydrogen (secondary N) is 1. The molecule has 0 saturated carbocycles. The topological polar surface area (TPSA) is 75.7 Å². The summed E-state index contributed by atoms with van der Waals surface area (Å²) in [5, 5.41) is 3.21. The number of amides is 1. The number of sulfonamides is 1. The number of halogens is 1. The molecule has 0 radical (unpaired) electrons. The predicted molar refractivity (Wildman–Crippen MR) is 102 cm³/mol. The lowest BCUT2D eigenvalue weighted by molar-refractivity contribution is -0.118. The molecule has 1 saturated heterocycles. The maximum atomic E-state index is 13.0. The van der Waals surface area contributed by atoms with Crippen LogP contribution in [0.2, 0.25) is 5.02 Å². The number of rotatable bonds is 4. The maximum absolute atomic E-state index is 13.0. The van der Waals surface area contributed by atoms with Crippen LogP contribution in [0, 0.1) is 0 Å². The average Bonchev–Trinajstić information content (AvgIpc) is 2.87. The van der Waals surface area contributed by atoms with Gasteiger partial charge in [0.15, 0.2) is 4.75 Å². The van der Waals surface area contributed by atoms with Crippen molar-refractivity contribution in [2.24, 2.45) is 0 Å². The zero-order valence-electron chi connectivity index (χ0n) is 14.4. The van der Waals surface area contributed by atoms with Gasteiger partial charge in [-0.15, -0.1) is 0 Å². The number of nitrogens with zero attached hydrogens (tertiary/aromatic N) is 1. The van der Waals surface area contributed by atoms with Crippen molar-refractivity contribution in [2.45, 2.75) is 18.1 Å². The van der Waals surface area contributed by atoms with Crippen molar-refractivity contribution in [3.8, 4) is 5.75 Å².